The minimum atomic E-state index is 0.796. The molecule has 2 rings (SSSR count). The van der Waals surface area contributed by atoms with Crippen molar-refractivity contribution in [3.63, 3.8) is 0 Å². The second kappa shape index (κ2) is 7.54. The van der Waals surface area contributed by atoms with Gasteiger partial charge in [0.2, 0.25) is 0 Å². The predicted molar refractivity (Wildman–Crippen MR) is 84.0 cm³/mol. The zero-order valence-corrected chi connectivity index (χ0v) is 12.5. The minimum Gasteiger partial charge on any atom is -0.378 e. The average Bonchev–Trinajstić information content (AvgIpc) is 2.45. The van der Waals surface area contributed by atoms with Crippen molar-refractivity contribution in [2.24, 2.45) is 0 Å². The van der Waals surface area contributed by atoms with Crippen LogP contribution in [0.4, 0.5) is 5.69 Å². The molecule has 0 unspecified atom stereocenters. The van der Waals surface area contributed by atoms with Crippen molar-refractivity contribution in [3.05, 3.63) is 29.8 Å². The molecule has 1 N–H and O–H groups in total. The molecule has 0 aliphatic heterocycles. The van der Waals surface area contributed by atoms with Crippen LogP contribution in [-0.2, 0) is 6.42 Å². The van der Waals surface area contributed by atoms with E-state index in [9.17, 15) is 0 Å². The van der Waals surface area contributed by atoms with E-state index in [0.29, 0.717) is 0 Å². The molecule has 1 aliphatic carbocycles. The van der Waals surface area contributed by atoms with Gasteiger partial charge in [0.1, 0.15) is 0 Å². The largest absolute Gasteiger partial charge is 0.378 e. The topological polar surface area (TPSA) is 15.3 Å². The Hall–Kier alpha value is -1.02. The van der Waals surface area contributed by atoms with Crippen LogP contribution >= 0.6 is 0 Å². The summed E-state index contributed by atoms with van der Waals surface area (Å²) in [7, 11) is 4.17. The highest BCUT2D eigenvalue weighted by molar-refractivity contribution is 5.45. The van der Waals surface area contributed by atoms with Crippen molar-refractivity contribution in [1.82, 2.24) is 5.32 Å². The maximum atomic E-state index is 3.71. The van der Waals surface area contributed by atoms with Gasteiger partial charge in [-0.1, -0.05) is 31.4 Å². The van der Waals surface area contributed by atoms with E-state index in [4.69, 9.17) is 0 Å². The summed E-state index contributed by atoms with van der Waals surface area (Å²) >= 11 is 0. The Kier molecular flexibility index (Phi) is 5.71. The van der Waals surface area contributed by atoms with Crippen LogP contribution in [0.25, 0.3) is 0 Å². The van der Waals surface area contributed by atoms with E-state index in [1.165, 1.54) is 62.7 Å². The van der Waals surface area contributed by atoms with Gasteiger partial charge in [-0.3, -0.25) is 0 Å². The van der Waals surface area contributed by atoms with Crippen molar-refractivity contribution in [2.75, 3.05) is 25.5 Å². The highest BCUT2D eigenvalue weighted by Gasteiger charge is 2.11. The zero-order valence-electron chi connectivity index (χ0n) is 12.5. The minimum absolute atomic E-state index is 0.796. The molecule has 0 heterocycles. The normalized spacial score (nSPS) is 16.5. The summed E-state index contributed by atoms with van der Waals surface area (Å²) in [5, 5.41) is 3.71. The summed E-state index contributed by atoms with van der Waals surface area (Å²) in [6, 6.07) is 9.74. The van der Waals surface area contributed by atoms with Gasteiger partial charge in [0.15, 0.2) is 0 Å². The zero-order chi connectivity index (χ0) is 13.5. The first-order valence-corrected chi connectivity index (χ1v) is 7.75. The maximum Gasteiger partial charge on any atom is 0.0361 e. The Morgan fingerprint density at radius 3 is 2.37 bits per heavy atom. The van der Waals surface area contributed by atoms with Crippen LogP contribution in [0.15, 0.2) is 24.3 Å². The molecule has 0 saturated heterocycles. The third-order valence-corrected chi connectivity index (χ3v) is 4.13. The SMILES string of the molecule is CN(C)c1ccc(CCCNC2CCCCC2)cc1. The maximum absolute atomic E-state index is 3.71. The first-order valence-electron chi connectivity index (χ1n) is 7.75. The molecule has 2 nitrogen and oxygen atoms in total. The van der Waals surface area contributed by atoms with Gasteiger partial charge in [0.25, 0.3) is 0 Å². The summed E-state index contributed by atoms with van der Waals surface area (Å²) in [5.74, 6) is 0. The van der Waals surface area contributed by atoms with E-state index in [-0.39, 0.29) is 0 Å². The fourth-order valence-corrected chi connectivity index (χ4v) is 2.87. The van der Waals surface area contributed by atoms with Crippen molar-refractivity contribution < 1.29 is 0 Å². The standard InChI is InChI=1S/C17H28N2/c1-19(2)17-12-10-15(11-13-17)7-6-14-18-16-8-4-3-5-9-16/h10-13,16,18H,3-9,14H2,1-2H3. The molecule has 0 bridgehead atoms. The van der Waals surface area contributed by atoms with Gasteiger partial charge in [-0.05, 0) is 49.9 Å². The van der Waals surface area contributed by atoms with E-state index >= 15 is 0 Å². The Labute approximate surface area is 118 Å². The fraction of sp³-hybridized carbons (Fsp3) is 0.647. The van der Waals surface area contributed by atoms with E-state index in [1.807, 2.05) is 0 Å². The predicted octanol–water partition coefficient (Wildman–Crippen LogP) is 3.61. The number of benzene rings is 1. The molecule has 2 heteroatoms. The lowest BCUT2D eigenvalue weighted by Gasteiger charge is -2.22. The Balaban J connectivity index is 1.64. The third kappa shape index (κ3) is 4.87. The monoisotopic (exact) mass is 260 g/mol. The number of rotatable bonds is 6. The van der Waals surface area contributed by atoms with Crippen LogP contribution in [-0.4, -0.2) is 26.7 Å². The van der Waals surface area contributed by atoms with Crippen LogP contribution in [0.2, 0.25) is 0 Å². The van der Waals surface area contributed by atoms with Gasteiger partial charge in [-0.15, -0.1) is 0 Å². The Morgan fingerprint density at radius 1 is 1.05 bits per heavy atom. The second-order valence-electron chi connectivity index (χ2n) is 5.95. The molecule has 0 radical (unpaired) electrons. The molecule has 0 aromatic heterocycles. The van der Waals surface area contributed by atoms with E-state index in [2.05, 4.69) is 48.6 Å². The Bertz CT molecular complexity index is 350. The van der Waals surface area contributed by atoms with Gasteiger partial charge >= 0.3 is 0 Å². The molecule has 1 aromatic carbocycles. The van der Waals surface area contributed by atoms with Gasteiger partial charge in [0, 0.05) is 25.8 Å². The molecule has 1 fully saturated rings. The summed E-state index contributed by atoms with van der Waals surface area (Å²) in [4.78, 5) is 2.15. The second-order valence-corrected chi connectivity index (χ2v) is 5.95. The van der Waals surface area contributed by atoms with Gasteiger partial charge < -0.3 is 10.2 Å². The Morgan fingerprint density at radius 2 is 1.74 bits per heavy atom. The third-order valence-electron chi connectivity index (χ3n) is 4.13. The number of aryl methyl sites for hydroxylation is 1. The lowest BCUT2D eigenvalue weighted by molar-refractivity contribution is 0.372. The highest BCUT2D eigenvalue weighted by Crippen LogP contribution is 2.17. The highest BCUT2D eigenvalue weighted by atomic mass is 15.1. The number of hydrogen-bond donors (Lipinski definition) is 1. The van der Waals surface area contributed by atoms with Crippen molar-refractivity contribution in [1.29, 1.82) is 0 Å². The summed E-state index contributed by atoms with van der Waals surface area (Å²) in [5.41, 5.74) is 2.74. The molecular weight excluding hydrogens is 232 g/mol. The van der Waals surface area contributed by atoms with Crippen LogP contribution in [0, 0.1) is 0 Å². The molecule has 1 aromatic rings. The molecule has 1 aliphatic rings. The first-order chi connectivity index (χ1) is 9.25. The number of nitrogens with zero attached hydrogens (tertiary/aromatic N) is 1. The first kappa shape index (κ1) is 14.4. The molecule has 19 heavy (non-hydrogen) atoms. The van der Waals surface area contributed by atoms with Gasteiger partial charge in [-0.25, -0.2) is 0 Å². The molecule has 106 valence electrons. The van der Waals surface area contributed by atoms with Gasteiger partial charge in [-0.2, -0.15) is 0 Å². The number of anilines is 1. The number of hydrogen-bond acceptors (Lipinski definition) is 2. The van der Waals surface area contributed by atoms with Gasteiger partial charge in [0.05, 0.1) is 0 Å². The van der Waals surface area contributed by atoms with Crippen molar-refractivity contribution >= 4 is 5.69 Å². The summed E-state index contributed by atoms with van der Waals surface area (Å²) < 4.78 is 0. The van der Waals surface area contributed by atoms with Crippen LogP contribution < -0.4 is 10.2 Å². The quantitative estimate of drug-likeness (QED) is 0.786. The molecule has 0 spiro atoms. The van der Waals surface area contributed by atoms with Crippen molar-refractivity contribution in [3.8, 4) is 0 Å². The van der Waals surface area contributed by atoms with E-state index in [0.717, 1.165) is 6.04 Å². The van der Waals surface area contributed by atoms with Crippen LogP contribution in [0.3, 0.4) is 0 Å². The fourth-order valence-electron chi connectivity index (χ4n) is 2.87. The van der Waals surface area contributed by atoms with E-state index in [1.54, 1.807) is 0 Å². The number of nitrogens with one attached hydrogen (secondary N) is 1. The molecular formula is C17H28N2. The lowest BCUT2D eigenvalue weighted by atomic mass is 9.95. The van der Waals surface area contributed by atoms with Crippen LogP contribution in [0.1, 0.15) is 44.1 Å². The summed E-state index contributed by atoms with van der Waals surface area (Å²) in [6.45, 7) is 1.17. The van der Waals surface area contributed by atoms with Crippen LogP contribution in [0.5, 0.6) is 0 Å². The average molecular weight is 260 g/mol. The van der Waals surface area contributed by atoms with E-state index < -0.39 is 0 Å². The molecule has 1 saturated carbocycles. The van der Waals surface area contributed by atoms with Crippen molar-refractivity contribution in [2.45, 2.75) is 51.0 Å². The smallest absolute Gasteiger partial charge is 0.0361 e. The summed E-state index contributed by atoms with van der Waals surface area (Å²) in [6.07, 6.45) is 9.49. The molecule has 0 atom stereocenters. The lowest BCUT2D eigenvalue weighted by Crippen LogP contribution is -2.31. The molecule has 0 amide bonds.